The highest BCUT2D eigenvalue weighted by atomic mass is 16.5. The lowest BCUT2D eigenvalue weighted by molar-refractivity contribution is -0.138. The number of likely N-dealkylation sites (tertiary alicyclic amines) is 1. The number of rotatable bonds is 6. The number of carbonyl (C=O) groups excluding carboxylic acids is 1. The number of hydrogen-bond acceptors (Lipinski definition) is 2. The van der Waals surface area contributed by atoms with Gasteiger partial charge in [0.1, 0.15) is 5.75 Å². The third-order valence-electron chi connectivity index (χ3n) is 7.06. The summed E-state index contributed by atoms with van der Waals surface area (Å²) >= 11 is 0. The van der Waals surface area contributed by atoms with Crippen molar-refractivity contribution < 1.29 is 9.53 Å². The van der Waals surface area contributed by atoms with Crippen molar-refractivity contribution in [3.63, 3.8) is 0 Å². The standard InChI is InChI=1S/C23H33NO2/c1-2-26-21-9-6-17(7-10-21)3-4-18-11-13-24(14-12-18)23(25)22-16-19-5-8-20(22)15-19/h6-7,9-10,18-20,22H,2-5,8,11-16H2,1H3/t19-,20-,22-/m0/s1. The van der Waals surface area contributed by atoms with Gasteiger partial charge >= 0.3 is 0 Å². The van der Waals surface area contributed by atoms with Crippen LogP contribution in [0.2, 0.25) is 0 Å². The number of nitrogens with zero attached hydrogens (tertiary/aromatic N) is 1. The maximum absolute atomic E-state index is 12.9. The Bertz CT molecular complexity index is 603. The van der Waals surface area contributed by atoms with Crippen molar-refractivity contribution in [3.8, 4) is 5.75 Å². The van der Waals surface area contributed by atoms with E-state index < -0.39 is 0 Å². The largest absolute Gasteiger partial charge is 0.494 e. The zero-order valence-electron chi connectivity index (χ0n) is 16.2. The van der Waals surface area contributed by atoms with Crippen molar-refractivity contribution in [3.05, 3.63) is 29.8 Å². The van der Waals surface area contributed by atoms with Gasteiger partial charge in [-0.3, -0.25) is 4.79 Å². The van der Waals surface area contributed by atoms with Crippen molar-refractivity contribution in [2.75, 3.05) is 19.7 Å². The maximum Gasteiger partial charge on any atom is 0.225 e. The SMILES string of the molecule is CCOc1ccc(CCC2CCN(C(=O)[C@H]3C[C@H]4CC[C@H]3C4)CC2)cc1. The molecule has 4 rings (SSSR count). The van der Waals surface area contributed by atoms with Crippen LogP contribution < -0.4 is 4.74 Å². The number of carbonyl (C=O) groups is 1. The number of ether oxygens (including phenoxy) is 1. The van der Waals surface area contributed by atoms with E-state index in [0.717, 1.165) is 43.7 Å². The molecule has 142 valence electrons. The first-order valence-corrected chi connectivity index (χ1v) is 10.7. The molecule has 1 aromatic rings. The van der Waals surface area contributed by atoms with Crippen LogP contribution in [0.5, 0.6) is 5.75 Å². The van der Waals surface area contributed by atoms with Crippen LogP contribution in [0.1, 0.15) is 57.4 Å². The van der Waals surface area contributed by atoms with Gasteiger partial charge in [0.2, 0.25) is 5.91 Å². The number of hydrogen-bond donors (Lipinski definition) is 0. The normalized spacial score (nSPS) is 28.5. The van der Waals surface area contributed by atoms with Gasteiger partial charge in [-0.2, -0.15) is 0 Å². The highest BCUT2D eigenvalue weighted by Gasteiger charge is 2.44. The molecule has 0 radical (unpaired) electrons. The monoisotopic (exact) mass is 355 g/mol. The Balaban J connectivity index is 1.20. The number of fused-ring (bicyclic) bond motifs is 2. The van der Waals surface area contributed by atoms with Gasteiger partial charge in [-0.15, -0.1) is 0 Å². The van der Waals surface area contributed by atoms with Gasteiger partial charge in [0, 0.05) is 19.0 Å². The van der Waals surface area contributed by atoms with Crippen molar-refractivity contribution in [1.82, 2.24) is 4.90 Å². The van der Waals surface area contributed by atoms with Gasteiger partial charge in [-0.1, -0.05) is 18.6 Å². The first-order chi connectivity index (χ1) is 12.7. The average molecular weight is 356 g/mol. The quantitative estimate of drug-likeness (QED) is 0.741. The van der Waals surface area contributed by atoms with Crippen LogP contribution in [-0.2, 0) is 11.2 Å². The van der Waals surface area contributed by atoms with Crippen LogP contribution in [-0.4, -0.2) is 30.5 Å². The molecule has 26 heavy (non-hydrogen) atoms. The first-order valence-electron chi connectivity index (χ1n) is 10.7. The summed E-state index contributed by atoms with van der Waals surface area (Å²) < 4.78 is 5.51. The second-order valence-corrected chi connectivity index (χ2v) is 8.67. The summed E-state index contributed by atoms with van der Waals surface area (Å²) in [5.74, 6) is 4.16. The maximum atomic E-state index is 12.9. The second-order valence-electron chi connectivity index (χ2n) is 8.67. The van der Waals surface area contributed by atoms with E-state index in [4.69, 9.17) is 4.74 Å². The highest BCUT2D eigenvalue weighted by molar-refractivity contribution is 5.79. The molecule has 1 saturated heterocycles. The number of amides is 1. The minimum atomic E-state index is 0.370. The Hall–Kier alpha value is -1.51. The minimum absolute atomic E-state index is 0.370. The second kappa shape index (κ2) is 8.02. The van der Waals surface area contributed by atoms with E-state index in [1.807, 2.05) is 6.92 Å². The fourth-order valence-corrected chi connectivity index (χ4v) is 5.51. The van der Waals surface area contributed by atoms with E-state index in [1.54, 1.807) is 0 Å². The first kappa shape index (κ1) is 17.9. The van der Waals surface area contributed by atoms with E-state index >= 15 is 0 Å². The summed E-state index contributed by atoms with van der Waals surface area (Å²) in [6, 6.07) is 8.54. The molecule has 0 N–H and O–H groups in total. The topological polar surface area (TPSA) is 29.5 Å². The lowest BCUT2D eigenvalue weighted by Crippen LogP contribution is -2.43. The Labute approximate surface area is 158 Å². The number of piperidine rings is 1. The van der Waals surface area contributed by atoms with E-state index in [9.17, 15) is 4.79 Å². The predicted octanol–water partition coefficient (Wildman–Crippen LogP) is 4.69. The lowest BCUT2D eigenvalue weighted by Gasteiger charge is -2.35. The molecule has 1 aromatic carbocycles. The van der Waals surface area contributed by atoms with Crippen molar-refractivity contribution >= 4 is 5.91 Å². The smallest absolute Gasteiger partial charge is 0.225 e. The van der Waals surface area contributed by atoms with E-state index in [2.05, 4.69) is 29.2 Å². The molecule has 2 aliphatic carbocycles. The molecular weight excluding hydrogens is 322 g/mol. The third-order valence-corrected chi connectivity index (χ3v) is 7.06. The molecule has 3 fully saturated rings. The molecule has 3 nitrogen and oxygen atoms in total. The van der Waals surface area contributed by atoms with Gasteiger partial charge in [0.15, 0.2) is 0 Å². The van der Waals surface area contributed by atoms with Crippen molar-refractivity contribution in [1.29, 1.82) is 0 Å². The highest BCUT2D eigenvalue weighted by Crippen LogP contribution is 2.49. The molecule has 0 unspecified atom stereocenters. The summed E-state index contributed by atoms with van der Waals surface area (Å²) in [7, 11) is 0. The zero-order chi connectivity index (χ0) is 17.9. The molecule has 1 amide bonds. The summed E-state index contributed by atoms with van der Waals surface area (Å²) in [4.78, 5) is 15.1. The Kier molecular flexibility index (Phi) is 5.52. The van der Waals surface area contributed by atoms with Gasteiger partial charge < -0.3 is 9.64 Å². The van der Waals surface area contributed by atoms with Crippen LogP contribution in [0, 0.1) is 23.7 Å². The molecule has 0 spiro atoms. The molecule has 1 aliphatic heterocycles. The summed E-state index contributed by atoms with van der Waals surface area (Å²) in [5, 5.41) is 0. The minimum Gasteiger partial charge on any atom is -0.494 e. The molecule has 0 aromatic heterocycles. The van der Waals surface area contributed by atoms with Crippen molar-refractivity contribution in [2.45, 2.75) is 58.3 Å². The Morgan fingerprint density at radius 1 is 1.08 bits per heavy atom. The molecule has 1 heterocycles. The molecule has 3 aliphatic rings. The molecule has 3 heteroatoms. The van der Waals surface area contributed by atoms with Gasteiger partial charge in [0.05, 0.1) is 6.61 Å². The van der Waals surface area contributed by atoms with E-state index in [1.165, 1.54) is 50.5 Å². The molecule has 2 saturated carbocycles. The van der Waals surface area contributed by atoms with Crippen LogP contribution >= 0.6 is 0 Å². The fourth-order valence-electron chi connectivity index (χ4n) is 5.51. The predicted molar refractivity (Wildman–Crippen MR) is 104 cm³/mol. The number of aryl methyl sites for hydroxylation is 1. The summed E-state index contributed by atoms with van der Waals surface area (Å²) in [6.45, 7) is 4.71. The lowest BCUT2D eigenvalue weighted by atomic mass is 9.86. The van der Waals surface area contributed by atoms with Crippen LogP contribution in [0.25, 0.3) is 0 Å². The van der Waals surface area contributed by atoms with Crippen LogP contribution in [0.4, 0.5) is 0 Å². The molecular formula is C23H33NO2. The fraction of sp³-hybridized carbons (Fsp3) is 0.696. The van der Waals surface area contributed by atoms with E-state index in [0.29, 0.717) is 17.7 Å². The zero-order valence-corrected chi connectivity index (χ0v) is 16.2. The summed E-state index contributed by atoms with van der Waals surface area (Å²) in [5.41, 5.74) is 1.40. The van der Waals surface area contributed by atoms with Gasteiger partial charge in [0.25, 0.3) is 0 Å². The van der Waals surface area contributed by atoms with Crippen LogP contribution in [0.15, 0.2) is 24.3 Å². The molecule has 2 bridgehead atoms. The average Bonchev–Trinajstić information content (AvgIpc) is 3.31. The Morgan fingerprint density at radius 2 is 1.85 bits per heavy atom. The molecule has 3 atom stereocenters. The van der Waals surface area contributed by atoms with Gasteiger partial charge in [-0.25, -0.2) is 0 Å². The number of benzene rings is 1. The van der Waals surface area contributed by atoms with Crippen molar-refractivity contribution in [2.24, 2.45) is 23.7 Å². The third kappa shape index (κ3) is 3.92. The van der Waals surface area contributed by atoms with Crippen LogP contribution in [0.3, 0.4) is 0 Å². The van der Waals surface area contributed by atoms with E-state index in [-0.39, 0.29) is 0 Å². The summed E-state index contributed by atoms with van der Waals surface area (Å²) in [6.07, 6.45) is 9.94. The van der Waals surface area contributed by atoms with Gasteiger partial charge in [-0.05, 0) is 87.3 Å². The Morgan fingerprint density at radius 3 is 2.46 bits per heavy atom.